The lowest BCUT2D eigenvalue weighted by Gasteiger charge is -2.12. The Morgan fingerprint density at radius 1 is 1.07 bits per heavy atom. The standard InChI is InChI=1S/C23H26N2O5/c1-3-4-10-27-16-6-8-18(19(26)13-16)22-23(15(2)24-25-22)30-17-7-9-20-21(14-17)29-12-5-11-28-20/h6-9,13-14,26H,3-5,10-12H2,1-2H3,(H,24,25). The molecule has 30 heavy (non-hydrogen) atoms. The number of rotatable bonds is 7. The molecule has 0 saturated carbocycles. The van der Waals surface area contributed by atoms with Gasteiger partial charge in [-0.15, -0.1) is 0 Å². The van der Waals surface area contributed by atoms with Gasteiger partial charge in [-0.05, 0) is 37.6 Å². The lowest BCUT2D eigenvalue weighted by Crippen LogP contribution is -1.97. The number of aromatic amines is 1. The molecule has 4 rings (SSSR count). The van der Waals surface area contributed by atoms with Gasteiger partial charge in [0.2, 0.25) is 0 Å². The molecule has 1 aliphatic rings. The van der Waals surface area contributed by atoms with E-state index in [2.05, 4.69) is 17.1 Å². The van der Waals surface area contributed by atoms with E-state index in [0.29, 0.717) is 59.8 Å². The lowest BCUT2D eigenvalue weighted by molar-refractivity contribution is 0.296. The van der Waals surface area contributed by atoms with Crippen molar-refractivity contribution in [1.29, 1.82) is 0 Å². The van der Waals surface area contributed by atoms with Gasteiger partial charge in [0.05, 0.1) is 25.5 Å². The van der Waals surface area contributed by atoms with E-state index in [-0.39, 0.29) is 5.75 Å². The van der Waals surface area contributed by atoms with Crippen molar-refractivity contribution in [2.75, 3.05) is 19.8 Å². The molecular weight excluding hydrogens is 384 g/mol. The number of ether oxygens (including phenoxy) is 4. The van der Waals surface area contributed by atoms with Crippen molar-refractivity contribution in [2.24, 2.45) is 0 Å². The molecule has 158 valence electrons. The molecule has 3 aromatic rings. The Hall–Kier alpha value is -3.35. The summed E-state index contributed by atoms with van der Waals surface area (Å²) in [5.41, 5.74) is 1.84. The molecule has 7 nitrogen and oxygen atoms in total. The number of nitrogens with one attached hydrogen (secondary N) is 1. The van der Waals surface area contributed by atoms with Crippen LogP contribution >= 0.6 is 0 Å². The number of phenols is 1. The quantitative estimate of drug-likeness (QED) is 0.519. The highest BCUT2D eigenvalue weighted by Gasteiger charge is 2.19. The first kappa shape index (κ1) is 19.9. The van der Waals surface area contributed by atoms with E-state index in [1.165, 1.54) is 0 Å². The molecule has 0 atom stereocenters. The molecular formula is C23H26N2O5. The van der Waals surface area contributed by atoms with Crippen LogP contribution in [0.5, 0.6) is 34.5 Å². The third kappa shape index (κ3) is 4.30. The maximum atomic E-state index is 10.6. The van der Waals surface area contributed by atoms with Crippen LogP contribution in [0.1, 0.15) is 31.9 Å². The summed E-state index contributed by atoms with van der Waals surface area (Å²) in [6.45, 7) is 5.83. The van der Waals surface area contributed by atoms with E-state index in [4.69, 9.17) is 18.9 Å². The van der Waals surface area contributed by atoms with E-state index >= 15 is 0 Å². The van der Waals surface area contributed by atoms with Gasteiger partial charge in [0.25, 0.3) is 0 Å². The number of H-pyrrole nitrogens is 1. The Morgan fingerprint density at radius 3 is 2.67 bits per heavy atom. The number of benzene rings is 2. The van der Waals surface area contributed by atoms with E-state index in [1.54, 1.807) is 18.2 Å². The fraction of sp³-hybridized carbons (Fsp3) is 0.348. The SMILES string of the molecule is CCCCOc1ccc(-c2n[nH]c(C)c2Oc2ccc3c(c2)OCCCO3)c(O)c1. The van der Waals surface area contributed by atoms with Gasteiger partial charge in [-0.25, -0.2) is 0 Å². The number of fused-ring (bicyclic) bond motifs is 1. The molecule has 1 aromatic heterocycles. The molecule has 0 saturated heterocycles. The maximum Gasteiger partial charge on any atom is 0.176 e. The predicted octanol–water partition coefficient (Wildman–Crippen LogP) is 5.22. The number of hydrogen-bond acceptors (Lipinski definition) is 6. The highest BCUT2D eigenvalue weighted by molar-refractivity contribution is 5.74. The first-order valence-electron chi connectivity index (χ1n) is 10.2. The summed E-state index contributed by atoms with van der Waals surface area (Å²) >= 11 is 0. The van der Waals surface area contributed by atoms with Crippen molar-refractivity contribution >= 4 is 0 Å². The van der Waals surface area contributed by atoms with Crippen molar-refractivity contribution < 1.29 is 24.1 Å². The first-order chi connectivity index (χ1) is 14.7. The molecule has 2 N–H and O–H groups in total. The van der Waals surface area contributed by atoms with Crippen LogP contribution < -0.4 is 18.9 Å². The third-order valence-corrected chi connectivity index (χ3v) is 4.82. The summed E-state index contributed by atoms with van der Waals surface area (Å²) in [4.78, 5) is 0. The Kier molecular flexibility index (Phi) is 5.97. The summed E-state index contributed by atoms with van der Waals surface area (Å²) in [6, 6.07) is 10.7. The second-order valence-electron chi connectivity index (χ2n) is 7.17. The number of unbranched alkanes of at least 4 members (excludes halogenated alkanes) is 1. The fourth-order valence-electron chi connectivity index (χ4n) is 3.19. The van der Waals surface area contributed by atoms with Crippen molar-refractivity contribution in [3.63, 3.8) is 0 Å². The second-order valence-corrected chi connectivity index (χ2v) is 7.17. The first-order valence-corrected chi connectivity index (χ1v) is 10.2. The monoisotopic (exact) mass is 410 g/mol. The van der Waals surface area contributed by atoms with Gasteiger partial charge in [0, 0.05) is 24.1 Å². The van der Waals surface area contributed by atoms with Crippen LogP contribution in [0, 0.1) is 6.92 Å². The van der Waals surface area contributed by atoms with Crippen LogP contribution in [0.4, 0.5) is 0 Å². The number of aryl methyl sites for hydroxylation is 1. The molecule has 2 heterocycles. The van der Waals surface area contributed by atoms with Gasteiger partial charge in [0.15, 0.2) is 17.2 Å². The predicted molar refractivity (Wildman–Crippen MR) is 113 cm³/mol. The number of aromatic hydroxyl groups is 1. The number of hydrogen-bond donors (Lipinski definition) is 2. The van der Waals surface area contributed by atoms with E-state index in [1.807, 2.05) is 25.1 Å². The third-order valence-electron chi connectivity index (χ3n) is 4.82. The molecule has 2 aromatic carbocycles. The van der Waals surface area contributed by atoms with E-state index in [0.717, 1.165) is 25.0 Å². The topological polar surface area (TPSA) is 85.8 Å². The fourth-order valence-corrected chi connectivity index (χ4v) is 3.19. The minimum Gasteiger partial charge on any atom is -0.507 e. The van der Waals surface area contributed by atoms with Crippen molar-refractivity contribution in [1.82, 2.24) is 10.2 Å². The lowest BCUT2D eigenvalue weighted by atomic mass is 10.1. The average molecular weight is 410 g/mol. The molecule has 1 aliphatic heterocycles. The smallest absolute Gasteiger partial charge is 0.176 e. The molecule has 0 fully saturated rings. The minimum absolute atomic E-state index is 0.0824. The van der Waals surface area contributed by atoms with Crippen LogP contribution in [0.2, 0.25) is 0 Å². The Morgan fingerprint density at radius 2 is 1.87 bits per heavy atom. The average Bonchev–Trinajstić information content (AvgIpc) is 2.95. The molecule has 0 aliphatic carbocycles. The summed E-state index contributed by atoms with van der Waals surface area (Å²) < 4.78 is 23.2. The summed E-state index contributed by atoms with van der Waals surface area (Å²) in [5, 5.41) is 17.8. The maximum absolute atomic E-state index is 10.6. The van der Waals surface area contributed by atoms with Crippen LogP contribution in [0.15, 0.2) is 36.4 Å². The number of aromatic nitrogens is 2. The van der Waals surface area contributed by atoms with Crippen molar-refractivity contribution in [3.05, 3.63) is 42.1 Å². The van der Waals surface area contributed by atoms with Crippen molar-refractivity contribution in [3.8, 4) is 45.8 Å². The van der Waals surface area contributed by atoms with Gasteiger partial charge in [0.1, 0.15) is 22.9 Å². The highest BCUT2D eigenvalue weighted by Crippen LogP contribution is 2.41. The summed E-state index contributed by atoms with van der Waals surface area (Å²) in [6.07, 6.45) is 2.86. The van der Waals surface area contributed by atoms with Crippen LogP contribution in [-0.2, 0) is 0 Å². The molecule has 0 amide bonds. The van der Waals surface area contributed by atoms with Crippen LogP contribution in [-0.4, -0.2) is 35.1 Å². The Bertz CT molecular complexity index is 1010. The molecule has 0 spiro atoms. The molecule has 0 radical (unpaired) electrons. The van der Waals surface area contributed by atoms with Crippen molar-refractivity contribution in [2.45, 2.75) is 33.1 Å². The summed E-state index contributed by atoms with van der Waals surface area (Å²) in [5.74, 6) is 3.22. The van der Waals surface area contributed by atoms with E-state index < -0.39 is 0 Å². The van der Waals surface area contributed by atoms with E-state index in [9.17, 15) is 5.11 Å². The van der Waals surface area contributed by atoms with Gasteiger partial charge in [-0.3, -0.25) is 5.10 Å². The number of nitrogens with zero attached hydrogens (tertiary/aromatic N) is 1. The molecule has 0 unspecified atom stereocenters. The highest BCUT2D eigenvalue weighted by atomic mass is 16.5. The zero-order valence-electron chi connectivity index (χ0n) is 17.2. The number of phenolic OH excluding ortho intramolecular Hbond substituents is 1. The second kappa shape index (κ2) is 8.98. The Labute approximate surface area is 175 Å². The van der Waals surface area contributed by atoms with Gasteiger partial charge in [-0.1, -0.05) is 13.3 Å². The Balaban J connectivity index is 1.59. The summed E-state index contributed by atoms with van der Waals surface area (Å²) in [7, 11) is 0. The zero-order chi connectivity index (χ0) is 20.9. The molecule has 7 heteroatoms. The normalized spacial score (nSPS) is 13.0. The van der Waals surface area contributed by atoms with Gasteiger partial charge < -0.3 is 24.1 Å². The minimum atomic E-state index is 0.0824. The largest absolute Gasteiger partial charge is 0.507 e. The zero-order valence-corrected chi connectivity index (χ0v) is 17.2. The van der Waals surface area contributed by atoms with Crippen LogP contribution in [0.25, 0.3) is 11.3 Å². The molecule has 0 bridgehead atoms. The van der Waals surface area contributed by atoms with Gasteiger partial charge in [-0.2, -0.15) is 5.10 Å². The van der Waals surface area contributed by atoms with Crippen LogP contribution in [0.3, 0.4) is 0 Å². The van der Waals surface area contributed by atoms with Gasteiger partial charge >= 0.3 is 0 Å².